The van der Waals surface area contributed by atoms with Crippen LogP contribution in [-0.4, -0.2) is 17.2 Å². The largest absolute Gasteiger partial charge is 0.488 e. The van der Waals surface area contributed by atoms with Crippen LogP contribution < -0.4 is 11.2 Å². The number of thiophene rings is 1. The summed E-state index contributed by atoms with van der Waals surface area (Å²) in [6.07, 6.45) is 0. The molecule has 0 aliphatic heterocycles. The van der Waals surface area contributed by atoms with Gasteiger partial charge >= 0.3 is 7.12 Å². The van der Waals surface area contributed by atoms with Gasteiger partial charge in [0.2, 0.25) is 0 Å². The fourth-order valence-corrected chi connectivity index (χ4v) is 2.42. The van der Waals surface area contributed by atoms with Gasteiger partial charge in [0, 0.05) is 0 Å². The monoisotopic (exact) mass is 207 g/mol. The Kier molecular flexibility index (Phi) is 2.22. The second kappa shape index (κ2) is 3.27. The molecule has 0 amide bonds. The summed E-state index contributed by atoms with van der Waals surface area (Å²) in [6.45, 7) is 1.79. The third kappa shape index (κ3) is 1.30. The standard InChI is InChI=1S/C9H10BNO2S/c1-5-7(10(12)13)4-6-2-3-14-9(6)8(5)11/h2-4,12-13H,11H2,1H3. The van der Waals surface area contributed by atoms with Crippen LogP contribution in [0, 0.1) is 6.92 Å². The average Bonchev–Trinajstić information content (AvgIpc) is 2.58. The molecule has 0 unspecified atom stereocenters. The van der Waals surface area contributed by atoms with Gasteiger partial charge in [-0.3, -0.25) is 0 Å². The number of nitrogens with two attached hydrogens (primary N) is 1. The predicted molar refractivity (Wildman–Crippen MR) is 60.8 cm³/mol. The Bertz CT molecular complexity index is 481. The van der Waals surface area contributed by atoms with Crippen molar-refractivity contribution in [3.8, 4) is 0 Å². The van der Waals surface area contributed by atoms with Crippen LogP contribution in [0.1, 0.15) is 5.56 Å². The molecule has 0 fully saturated rings. The molecule has 0 saturated carbocycles. The van der Waals surface area contributed by atoms with E-state index in [1.165, 1.54) is 0 Å². The first-order valence-electron chi connectivity index (χ1n) is 4.23. The Morgan fingerprint density at radius 1 is 1.43 bits per heavy atom. The van der Waals surface area contributed by atoms with Gasteiger partial charge in [0.25, 0.3) is 0 Å². The number of hydrogen-bond acceptors (Lipinski definition) is 4. The maximum absolute atomic E-state index is 9.13. The highest BCUT2D eigenvalue weighted by atomic mass is 32.1. The molecule has 1 heterocycles. The summed E-state index contributed by atoms with van der Waals surface area (Å²) >= 11 is 1.56. The first-order valence-corrected chi connectivity index (χ1v) is 5.11. The van der Waals surface area contributed by atoms with Crippen LogP contribution >= 0.6 is 11.3 Å². The van der Waals surface area contributed by atoms with E-state index in [9.17, 15) is 0 Å². The van der Waals surface area contributed by atoms with E-state index in [1.54, 1.807) is 24.3 Å². The van der Waals surface area contributed by atoms with E-state index in [4.69, 9.17) is 15.8 Å². The fourth-order valence-electron chi connectivity index (χ4n) is 1.52. The highest BCUT2D eigenvalue weighted by Crippen LogP contribution is 2.28. The van der Waals surface area contributed by atoms with E-state index in [0.717, 1.165) is 15.6 Å². The molecule has 2 rings (SSSR count). The summed E-state index contributed by atoms with van der Waals surface area (Å²) in [4.78, 5) is 0. The predicted octanol–water partition coefficient (Wildman–Crippen LogP) is 0.472. The van der Waals surface area contributed by atoms with Gasteiger partial charge in [0.1, 0.15) is 0 Å². The van der Waals surface area contributed by atoms with Crippen LogP contribution in [0.3, 0.4) is 0 Å². The molecule has 1 aromatic heterocycles. The molecule has 0 atom stereocenters. The van der Waals surface area contributed by atoms with Crippen molar-refractivity contribution in [2.24, 2.45) is 0 Å². The van der Waals surface area contributed by atoms with Gasteiger partial charge in [-0.25, -0.2) is 0 Å². The number of rotatable bonds is 1. The molecule has 0 spiro atoms. The van der Waals surface area contributed by atoms with E-state index in [2.05, 4.69) is 0 Å². The minimum absolute atomic E-state index is 0.480. The Morgan fingerprint density at radius 3 is 2.79 bits per heavy atom. The summed E-state index contributed by atoms with van der Waals surface area (Å²) in [5.41, 5.74) is 7.75. The van der Waals surface area contributed by atoms with Gasteiger partial charge in [0.05, 0.1) is 10.4 Å². The maximum Gasteiger partial charge on any atom is 0.488 e. The Labute approximate surface area is 85.9 Å². The zero-order chi connectivity index (χ0) is 10.3. The summed E-state index contributed by atoms with van der Waals surface area (Å²) in [6, 6.07) is 3.68. The van der Waals surface area contributed by atoms with E-state index >= 15 is 0 Å². The zero-order valence-electron chi connectivity index (χ0n) is 7.69. The number of benzene rings is 1. The highest BCUT2D eigenvalue weighted by molar-refractivity contribution is 7.17. The maximum atomic E-state index is 9.13. The van der Waals surface area contributed by atoms with E-state index in [-0.39, 0.29) is 0 Å². The lowest BCUT2D eigenvalue weighted by Crippen LogP contribution is -2.32. The number of anilines is 1. The van der Waals surface area contributed by atoms with E-state index in [1.807, 2.05) is 11.4 Å². The van der Waals surface area contributed by atoms with Crippen LogP contribution in [0.2, 0.25) is 0 Å². The van der Waals surface area contributed by atoms with Gasteiger partial charge < -0.3 is 15.8 Å². The number of nitrogen functional groups attached to an aromatic ring is 1. The molecule has 0 aliphatic rings. The first kappa shape index (κ1) is 9.52. The molecule has 3 nitrogen and oxygen atoms in total. The minimum atomic E-state index is -1.46. The fraction of sp³-hybridized carbons (Fsp3) is 0.111. The van der Waals surface area contributed by atoms with E-state index < -0.39 is 7.12 Å². The van der Waals surface area contributed by atoms with Gasteiger partial charge in [-0.15, -0.1) is 11.3 Å². The SMILES string of the molecule is Cc1c(B(O)O)cc2ccsc2c1N. The average molecular weight is 207 g/mol. The van der Waals surface area contributed by atoms with Crippen molar-refractivity contribution >= 4 is 39.7 Å². The molecule has 72 valence electrons. The Balaban J connectivity index is 2.80. The highest BCUT2D eigenvalue weighted by Gasteiger charge is 2.17. The molecule has 0 radical (unpaired) electrons. The van der Waals surface area contributed by atoms with Gasteiger partial charge in [-0.1, -0.05) is 6.07 Å². The lowest BCUT2D eigenvalue weighted by Gasteiger charge is -2.08. The lowest BCUT2D eigenvalue weighted by atomic mass is 9.76. The van der Waals surface area contributed by atoms with Crippen molar-refractivity contribution in [1.29, 1.82) is 0 Å². The Morgan fingerprint density at radius 2 is 2.14 bits per heavy atom. The molecule has 0 aliphatic carbocycles. The minimum Gasteiger partial charge on any atom is -0.423 e. The smallest absolute Gasteiger partial charge is 0.423 e. The zero-order valence-corrected chi connectivity index (χ0v) is 8.51. The number of hydrogen-bond donors (Lipinski definition) is 3. The van der Waals surface area contributed by atoms with Crippen LogP contribution in [0.25, 0.3) is 10.1 Å². The third-order valence-corrected chi connectivity index (χ3v) is 3.33. The van der Waals surface area contributed by atoms with Crippen molar-refractivity contribution in [2.75, 3.05) is 5.73 Å². The molecular weight excluding hydrogens is 197 g/mol. The first-order chi connectivity index (χ1) is 6.61. The van der Waals surface area contributed by atoms with Crippen LogP contribution in [0.4, 0.5) is 5.69 Å². The molecule has 0 bridgehead atoms. The summed E-state index contributed by atoms with van der Waals surface area (Å²) in [5.74, 6) is 0. The summed E-state index contributed by atoms with van der Waals surface area (Å²) in [7, 11) is -1.46. The van der Waals surface area contributed by atoms with Crippen molar-refractivity contribution in [1.82, 2.24) is 0 Å². The molecule has 1 aromatic carbocycles. The van der Waals surface area contributed by atoms with Gasteiger partial charge in [0.15, 0.2) is 0 Å². The van der Waals surface area contributed by atoms with Crippen molar-refractivity contribution < 1.29 is 10.0 Å². The van der Waals surface area contributed by atoms with Crippen LogP contribution in [-0.2, 0) is 0 Å². The second-order valence-corrected chi connectivity index (χ2v) is 4.13. The third-order valence-electron chi connectivity index (χ3n) is 2.37. The molecule has 0 saturated heterocycles. The molecule has 2 aromatic rings. The second-order valence-electron chi connectivity index (χ2n) is 3.22. The van der Waals surface area contributed by atoms with Gasteiger partial charge in [-0.2, -0.15) is 0 Å². The molecular formula is C9H10BNO2S. The topological polar surface area (TPSA) is 66.5 Å². The molecule has 14 heavy (non-hydrogen) atoms. The van der Waals surface area contributed by atoms with Crippen LogP contribution in [0.15, 0.2) is 17.5 Å². The van der Waals surface area contributed by atoms with Crippen molar-refractivity contribution in [3.63, 3.8) is 0 Å². The van der Waals surface area contributed by atoms with Gasteiger partial charge in [-0.05, 0) is 34.8 Å². The molecule has 4 N–H and O–H groups in total. The lowest BCUT2D eigenvalue weighted by molar-refractivity contribution is 0.425. The van der Waals surface area contributed by atoms with Crippen molar-refractivity contribution in [3.05, 3.63) is 23.1 Å². The van der Waals surface area contributed by atoms with E-state index in [0.29, 0.717) is 11.2 Å². The molecule has 5 heteroatoms. The normalized spacial score (nSPS) is 10.8. The van der Waals surface area contributed by atoms with Crippen molar-refractivity contribution in [2.45, 2.75) is 6.92 Å². The number of fused-ring (bicyclic) bond motifs is 1. The Hall–Kier alpha value is -1.04. The van der Waals surface area contributed by atoms with Crippen LogP contribution in [0.5, 0.6) is 0 Å². The summed E-state index contributed by atoms with van der Waals surface area (Å²) in [5, 5.41) is 21.2. The quantitative estimate of drug-likeness (QED) is 0.470. The summed E-state index contributed by atoms with van der Waals surface area (Å²) < 4.78 is 1.01.